The summed E-state index contributed by atoms with van der Waals surface area (Å²) in [6.45, 7) is 3.99. The Labute approximate surface area is 112 Å². The molecule has 0 aliphatic carbocycles. The van der Waals surface area contributed by atoms with Crippen LogP contribution in [0.5, 0.6) is 5.75 Å². The second kappa shape index (κ2) is 6.78. The first kappa shape index (κ1) is 15.0. The molecule has 0 spiro atoms. The van der Waals surface area contributed by atoms with Gasteiger partial charge in [0.05, 0.1) is 20.0 Å². The van der Waals surface area contributed by atoms with Crippen molar-refractivity contribution < 1.29 is 19.4 Å². The topological polar surface area (TPSA) is 75.6 Å². The summed E-state index contributed by atoms with van der Waals surface area (Å²) in [5.74, 6) is -0.293. The van der Waals surface area contributed by atoms with Crippen LogP contribution in [0.2, 0.25) is 0 Å². The summed E-state index contributed by atoms with van der Waals surface area (Å²) in [7, 11) is 1.61. The van der Waals surface area contributed by atoms with Crippen LogP contribution in [0.1, 0.15) is 23.1 Å². The molecule has 0 fully saturated rings. The summed E-state index contributed by atoms with van der Waals surface area (Å²) in [5.41, 5.74) is 2.88. The molecule has 0 saturated heterocycles. The van der Waals surface area contributed by atoms with Gasteiger partial charge in [-0.2, -0.15) is 0 Å². The maximum atomic E-state index is 11.7. The maximum Gasteiger partial charge on any atom is 0.305 e. The normalized spacial score (nSPS) is 10.1. The van der Waals surface area contributed by atoms with E-state index in [1.54, 1.807) is 7.11 Å². The highest BCUT2D eigenvalue weighted by Gasteiger charge is 2.09. The van der Waals surface area contributed by atoms with Crippen LogP contribution < -0.4 is 10.1 Å². The fourth-order valence-electron chi connectivity index (χ4n) is 1.80. The standard InChI is InChI=1S/C14H19NO4/c1-9-7-12(19-3)10(2)6-11(9)8-13(16)15-5-4-14(17)18/h6-7H,4-5,8H2,1-3H3,(H,15,16)(H,17,18). The number of methoxy groups -OCH3 is 1. The van der Waals surface area contributed by atoms with E-state index in [4.69, 9.17) is 9.84 Å². The third-order valence-corrected chi connectivity index (χ3v) is 2.87. The largest absolute Gasteiger partial charge is 0.496 e. The van der Waals surface area contributed by atoms with Gasteiger partial charge in [0.2, 0.25) is 5.91 Å². The van der Waals surface area contributed by atoms with E-state index in [0.29, 0.717) is 0 Å². The van der Waals surface area contributed by atoms with E-state index < -0.39 is 5.97 Å². The fourth-order valence-corrected chi connectivity index (χ4v) is 1.80. The highest BCUT2D eigenvalue weighted by atomic mass is 16.5. The molecule has 19 heavy (non-hydrogen) atoms. The number of hydrogen-bond donors (Lipinski definition) is 2. The minimum atomic E-state index is -0.920. The van der Waals surface area contributed by atoms with E-state index in [1.807, 2.05) is 26.0 Å². The molecule has 0 atom stereocenters. The average molecular weight is 265 g/mol. The molecule has 0 heterocycles. The van der Waals surface area contributed by atoms with E-state index in [1.165, 1.54) is 0 Å². The van der Waals surface area contributed by atoms with Crippen LogP contribution >= 0.6 is 0 Å². The van der Waals surface area contributed by atoms with Gasteiger partial charge in [0.15, 0.2) is 0 Å². The van der Waals surface area contributed by atoms with Crippen LogP contribution in [-0.2, 0) is 16.0 Å². The zero-order valence-corrected chi connectivity index (χ0v) is 11.4. The lowest BCUT2D eigenvalue weighted by molar-refractivity contribution is -0.136. The van der Waals surface area contributed by atoms with Gasteiger partial charge in [0.1, 0.15) is 5.75 Å². The molecular formula is C14H19NO4. The van der Waals surface area contributed by atoms with Crippen LogP contribution in [-0.4, -0.2) is 30.6 Å². The van der Waals surface area contributed by atoms with Crippen molar-refractivity contribution in [3.63, 3.8) is 0 Å². The second-order valence-corrected chi connectivity index (χ2v) is 4.42. The SMILES string of the molecule is COc1cc(C)c(CC(=O)NCCC(=O)O)cc1C. The summed E-state index contributed by atoms with van der Waals surface area (Å²) in [6, 6.07) is 3.82. The number of carboxylic acid groups (broad SMARTS) is 1. The molecule has 1 aromatic rings. The number of aryl methyl sites for hydroxylation is 2. The lowest BCUT2D eigenvalue weighted by atomic mass is 10.0. The number of carbonyl (C=O) groups excluding carboxylic acids is 1. The number of rotatable bonds is 6. The molecule has 0 aromatic heterocycles. The minimum Gasteiger partial charge on any atom is -0.496 e. The predicted octanol–water partition coefficient (Wildman–Crippen LogP) is 1.45. The first-order chi connectivity index (χ1) is 8.93. The molecule has 1 amide bonds. The highest BCUT2D eigenvalue weighted by molar-refractivity contribution is 5.79. The quantitative estimate of drug-likeness (QED) is 0.816. The monoisotopic (exact) mass is 265 g/mol. The first-order valence-electron chi connectivity index (χ1n) is 6.06. The lowest BCUT2D eigenvalue weighted by Crippen LogP contribution is -2.27. The molecule has 1 aromatic carbocycles. The van der Waals surface area contributed by atoms with E-state index in [2.05, 4.69) is 5.32 Å². The summed E-state index contributed by atoms with van der Waals surface area (Å²) < 4.78 is 5.21. The number of carbonyl (C=O) groups is 2. The fraction of sp³-hybridized carbons (Fsp3) is 0.429. The first-order valence-corrected chi connectivity index (χ1v) is 6.06. The van der Waals surface area contributed by atoms with Gasteiger partial charge >= 0.3 is 5.97 Å². The third-order valence-electron chi connectivity index (χ3n) is 2.87. The van der Waals surface area contributed by atoms with Crippen LogP contribution in [0.3, 0.4) is 0 Å². The van der Waals surface area contributed by atoms with Gasteiger partial charge in [0, 0.05) is 6.54 Å². The van der Waals surface area contributed by atoms with E-state index >= 15 is 0 Å². The van der Waals surface area contributed by atoms with Gasteiger partial charge < -0.3 is 15.2 Å². The zero-order valence-electron chi connectivity index (χ0n) is 11.4. The van der Waals surface area contributed by atoms with Crippen molar-refractivity contribution in [3.05, 3.63) is 28.8 Å². The Balaban J connectivity index is 2.64. The third kappa shape index (κ3) is 4.62. The maximum absolute atomic E-state index is 11.7. The molecule has 104 valence electrons. The minimum absolute atomic E-state index is 0.0631. The van der Waals surface area contributed by atoms with Crippen molar-refractivity contribution in [1.29, 1.82) is 0 Å². The molecule has 0 radical (unpaired) electrons. The summed E-state index contributed by atoms with van der Waals surface area (Å²) in [4.78, 5) is 22.0. The Kier molecular flexibility index (Phi) is 5.36. The summed E-state index contributed by atoms with van der Waals surface area (Å²) >= 11 is 0. The smallest absolute Gasteiger partial charge is 0.305 e. The van der Waals surface area contributed by atoms with Crippen molar-refractivity contribution in [2.75, 3.05) is 13.7 Å². The van der Waals surface area contributed by atoms with Crippen molar-refractivity contribution in [2.45, 2.75) is 26.7 Å². The number of carboxylic acids is 1. The number of ether oxygens (including phenoxy) is 1. The average Bonchev–Trinajstić information content (AvgIpc) is 2.32. The number of aliphatic carboxylic acids is 1. The summed E-state index contributed by atoms with van der Waals surface area (Å²) in [6.07, 6.45) is 0.183. The van der Waals surface area contributed by atoms with Crippen molar-refractivity contribution >= 4 is 11.9 Å². The van der Waals surface area contributed by atoms with E-state index in [0.717, 1.165) is 22.4 Å². The molecule has 0 bridgehead atoms. The second-order valence-electron chi connectivity index (χ2n) is 4.42. The Morgan fingerprint density at radius 1 is 1.26 bits per heavy atom. The van der Waals surface area contributed by atoms with Crippen molar-refractivity contribution in [2.24, 2.45) is 0 Å². The van der Waals surface area contributed by atoms with E-state index in [-0.39, 0.29) is 25.3 Å². The number of hydrogen-bond acceptors (Lipinski definition) is 3. The van der Waals surface area contributed by atoms with Gasteiger partial charge in [-0.15, -0.1) is 0 Å². The molecule has 0 aliphatic heterocycles. The Hall–Kier alpha value is -2.04. The van der Waals surface area contributed by atoms with Crippen LogP contribution in [0.25, 0.3) is 0 Å². The summed E-state index contributed by atoms with van der Waals surface area (Å²) in [5, 5.41) is 11.1. The Morgan fingerprint density at radius 3 is 2.53 bits per heavy atom. The molecule has 0 saturated carbocycles. The predicted molar refractivity (Wildman–Crippen MR) is 71.4 cm³/mol. The van der Waals surface area contributed by atoms with E-state index in [9.17, 15) is 9.59 Å². The Morgan fingerprint density at radius 2 is 1.95 bits per heavy atom. The molecular weight excluding hydrogens is 246 g/mol. The van der Waals surface area contributed by atoms with Gasteiger partial charge in [0.25, 0.3) is 0 Å². The highest BCUT2D eigenvalue weighted by Crippen LogP contribution is 2.22. The number of nitrogens with one attached hydrogen (secondary N) is 1. The van der Waals surface area contributed by atoms with Gasteiger partial charge in [-0.05, 0) is 36.6 Å². The molecule has 0 unspecified atom stereocenters. The molecule has 1 rings (SSSR count). The van der Waals surface area contributed by atoms with Gasteiger partial charge in [-0.3, -0.25) is 9.59 Å². The van der Waals surface area contributed by atoms with Crippen LogP contribution in [0.4, 0.5) is 0 Å². The zero-order chi connectivity index (χ0) is 14.4. The number of benzene rings is 1. The number of amides is 1. The van der Waals surface area contributed by atoms with Crippen LogP contribution in [0, 0.1) is 13.8 Å². The van der Waals surface area contributed by atoms with Crippen molar-refractivity contribution in [3.8, 4) is 5.75 Å². The van der Waals surface area contributed by atoms with Gasteiger partial charge in [-0.1, -0.05) is 6.07 Å². The molecule has 0 aliphatic rings. The molecule has 5 heteroatoms. The molecule has 5 nitrogen and oxygen atoms in total. The molecule has 2 N–H and O–H groups in total. The van der Waals surface area contributed by atoms with Gasteiger partial charge in [-0.25, -0.2) is 0 Å². The van der Waals surface area contributed by atoms with Crippen LogP contribution in [0.15, 0.2) is 12.1 Å². The van der Waals surface area contributed by atoms with Crippen molar-refractivity contribution in [1.82, 2.24) is 5.32 Å². The Bertz CT molecular complexity index is 483. The lowest BCUT2D eigenvalue weighted by Gasteiger charge is -2.11.